The van der Waals surface area contributed by atoms with Crippen LogP contribution in [0.1, 0.15) is 16.2 Å². The third-order valence-electron chi connectivity index (χ3n) is 2.09. The first-order valence-corrected chi connectivity index (χ1v) is 5.59. The van der Waals surface area contributed by atoms with Crippen molar-refractivity contribution in [1.29, 1.82) is 0 Å². The molecule has 0 spiro atoms. The van der Waals surface area contributed by atoms with Gasteiger partial charge in [0.2, 0.25) is 5.82 Å². The Bertz CT molecular complexity index is 545. The van der Waals surface area contributed by atoms with E-state index in [4.69, 9.17) is 4.52 Å². The smallest absolute Gasteiger partial charge is 0.397 e. The predicted octanol–water partition coefficient (Wildman–Crippen LogP) is 2.59. The fraction of sp³-hybridized carbons (Fsp3) is 0.182. The summed E-state index contributed by atoms with van der Waals surface area (Å²) in [6.07, 6.45) is 0. The van der Waals surface area contributed by atoms with E-state index >= 15 is 0 Å². The quantitative estimate of drug-likeness (QED) is 0.797. The van der Waals surface area contributed by atoms with Crippen molar-refractivity contribution in [1.82, 2.24) is 10.1 Å². The highest BCUT2D eigenvalue weighted by Crippen LogP contribution is 2.22. The standard InChI is InChI=1S/C11H9BrN2O3/c1-6-3-7(5-8(12)4-6)9-13-10(17-14-9)11(15)16-2/h3-5H,1-2H3. The van der Waals surface area contributed by atoms with Crippen LogP contribution in [0.25, 0.3) is 11.4 Å². The maximum Gasteiger partial charge on any atom is 0.397 e. The number of hydrogen-bond donors (Lipinski definition) is 0. The molecule has 0 saturated heterocycles. The van der Waals surface area contributed by atoms with Crippen molar-refractivity contribution in [2.24, 2.45) is 0 Å². The largest absolute Gasteiger partial charge is 0.462 e. The fourth-order valence-corrected chi connectivity index (χ4v) is 1.98. The van der Waals surface area contributed by atoms with E-state index in [0.717, 1.165) is 15.6 Å². The summed E-state index contributed by atoms with van der Waals surface area (Å²) >= 11 is 3.38. The predicted molar refractivity (Wildman–Crippen MR) is 63.5 cm³/mol. The monoisotopic (exact) mass is 296 g/mol. The van der Waals surface area contributed by atoms with Gasteiger partial charge < -0.3 is 9.26 Å². The van der Waals surface area contributed by atoms with E-state index in [1.165, 1.54) is 7.11 Å². The van der Waals surface area contributed by atoms with E-state index in [1.54, 1.807) is 0 Å². The number of aryl methyl sites for hydroxylation is 1. The number of methoxy groups -OCH3 is 1. The summed E-state index contributed by atoms with van der Waals surface area (Å²) in [5.74, 6) is -0.439. The van der Waals surface area contributed by atoms with Crippen molar-refractivity contribution < 1.29 is 14.1 Å². The Kier molecular flexibility index (Phi) is 3.23. The van der Waals surface area contributed by atoms with Crippen LogP contribution in [0.4, 0.5) is 0 Å². The van der Waals surface area contributed by atoms with Gasteiger partial charge in [0.1, 0.15) is 0 Å². The van der Waals surface area contributed by atoms with E-state index in [9.17, 15) is 4.79 Å². The number of carbonyl (C=O) groups excluding carboxylic acids is 1. The highest BCUT2D eigenvalue weighted by molar-refractivity contribution is 9.10. The average Bonchev–Trinajstić information content (AvgIpc) is 2.76. The molecular formula is C11H9BrN2O3. The van der Waals surface area contributed by atoms with Gasteiger partial charge in [0.15, 0.2) is 0 Å². The SMILES string of the molecule is COC(=O)c1nc(-c2cc(C)cc(Br)c2)no1. The lowest BCUT2D eigenvalue weighted by Gasteiger charge is -1.98. The van der Waals surface area contributed by atoms with Crippen molar-refractivity contribution >= 4 is 21.9 Å². The van der Waals surface area contributed by atoms with Gasteiger partial charge in [-0.05, 0) is 30.7 Å². The molecule has 1 heterocycles. The molecule has 0 radical (unpaired) electrons. The van der Waals surface area contributed by atoms with E-state index < -0.39 is 5.97 Å². The molecule has 6 heteroatoms. The normalized spacial score (nSPS) is 10.3. The number of halogens is 1. The summed E-state index contributed by atoms with van der Waals surface area (Å²) in [5.41, 5.74) is 1.83. The van der Waals surface area contributed by atoms with Gasteiger partial charge in [-0.2, -0.15) is 4.98 Å². The summed E-state index contributed by atoms with van der Waals surface area (Å²) in [6.45, 7) is 1.95. The Balaban J connectivity index is 2.40. The van der Waals surface area contributed by atoms with Gasteiger partial charge in [0.25, 0.3) is 0 Å². The third-order valence-corrected chi connectivity index (χ3v) is 2.54. The van der Waals surface area contributed by atoms with Gasteiger partial charge in [-0.1, -0.05) is 21.1 Å². The maximum absolute atomic E-state index is 11.2. The average molecular weight is 297 g/mol. The molecule has 0 aliphatic rings. The van der Waals surface area contributed by atoms with Crippen LogP contribution in [0.3, 0.4) is 0 Å². The Morgan fingerprint density at radius 2 is 2.18 bits per heavy atom. The van der Waals surface area contributed by atoms with Crippen LogP contribution in [0.5, 0.6) is 0 Å². The highest BCUT2D eigenvalue weighted by atomic mass is 79.9. The molecule has 0 unspecified atom stereocenters. The van der Waals surface area contributed by atoms with Crippen molar-refractivity contribution in [3.8, 4) is 11.4 Å². The molecule has 2 rings (SSSR count). The lowest BCUT2D eigenvalue weighted by atomic mass is 10.1. The zero-order valence-electron chi connectivity index (χ0n) is 9.23. The van der Waals surface area contributed by atoms with Crippen molar-refractivity contribution in [2.75, 3.05) is 7.11 Å². The van der Waals surface area contributed by atoms with Gasteiger partial charge in [-0.25, -0.2) is 4.79 Å². The van der Waals surface area contributed by atoms with Crippen molar-refractivity contribution in [2.45, 2.75) is 6.92 Å². The summed E-state index contributed by atoms with van der Waals surface area (Å²) in [5, 5.41) is 3.73. The number of rotatable bonds is 2. The second kappa shape index (κ2) is 4.67. The molecule has 0 amide bonds. The number of benzene rings is 1. The Labute approximate surface area is 106 Å². The second-order valence-electron chi connectivity index (χ2n) is 3.43. The Morgan fingerprint density at radius 1 is 1.41 bits per heavy atom. The molecule has 0 aliphatic heterocycles. The van der Waals surface area contributed by atoms with E-state index in [0.29, 0.717) is 5.82 Å². The van der Waals surface area contributed by atoms with Crippen LogP contribution in [-0.2, 0) is 4.74 Å². The maximum atomic E-state index is 11.2. The zero-order valence-corrected chi connectivity index (χ0v) is 10.8. The van der Waals surface area contributed by atoms with Crippen LogP contribution in [0, 0.1) is 6.92 Å². The first kappa shape index (κ1) is 11.8. The molecule has 0 atom stereocenters. The lowest BCUT2D eigenvalue weighted by Crippen LogP contribution is -2.00. The first-order valence-electron chi connectivity index (χ1n) is 4.80. The molecule has 0 aliphatic carbocycles. The molecule has 0 saturated carbocycles. The molecule has 0 N–H and O–H groups in total. The van der Waals surface area contributed by atoms with Crippen LogP contribution < -0.4 is 0 Å². The molecule has 5 nitrogen and oxygen atoms in total. The van der Waals surface area contributed by atoms with Gasteiger partial charge in [-0.15, -0.1) is 0 Å². The topological polar surface area (TPSA) is 65.2 Å². The van der Waals surface area contributed by atoms with E-state index in [1.807, 2.05) is 25.1 Å². The lowest BCUT2D eigenvalue weighted by molar-refractivity contribution is 0.0545. The Hall–Kier alpha value is -1.69. The minimum Gasteiger partial charge on any atom is -0.462 e. The van der Waals surface area contributed by atoms with E-state index in [2.05, 4.69) is 30.8 Å². The molecule has 2 aromatic rings. The third kappa shape index (κ3) is 2.52. The number of hydrogen-bond acceptors (Lipinski definition) is 5. The number of aromatic nitrogens is 2. The molecular weight excluding hydrogens is 288 g/mol. The zero-order chi connectivity index (χ0) is 12.4. The van der Waals surface area contributed by atoms with Crippen LogP contribution in [0.15, 0.2) is 27.2 Å². The van der Waals surface area contributed by atoms with Crippen molar-refractivity contribution in [3.05, 3.63) is 34.1 Å². The minimum atomic E-state index is -0.643. The van der Waals surface area contributed by atoms with E-state index in [-0.39, 0.29) is 5.89 Å². The van der Waals surface area contributed by atoms with Crippen LogP contribution in [0.2, 0.25) is 0 Å². The summed E-state index contributed by atoms with van der Waals surface area (Å²) < 4.78 is 10.2. The molecule has 88 valence electrons. The molecule has 0 fully saturated rings. The minimum absolute atomic E-state index is 0.153. The molecule has 0 bridgehead atoms. The summed E-state index contributed by atoms with van der Waals surface area (Å²) in [7, 11) is 1.26. The molecule has 1 aromatic carbocycles. The van der Waals surface area contributed by atoms with Crippen molar-refractivity contribution in [3.63, 3.8) is 0 Å². The van der Waals surface area contributed by atoms with Gasteiger partial charge in [0.05, 0.1) is 7.11 Å². The number of nitrogens with zero attached hydrogens (tertiary/aromatic N) is 2. The number of ether oxygens (including phenoxy) is 1. The molecule has 1 aromatic heterocycles. The van der Waals surface area contributed by atoms with Gasteiger partial charge in [0, 0.05) is 10.0 Å². The number of esters is 1. The summed E-state index contributed by atoms with van der Waals surface area (Å²) in [6, 6.07) is 5.71. The summed E-state index contributed by atoms with van der Waals surface area (Å²) in [4.78, 5) is 15.1. The first-order chi connectivity index (χ1) is 8.10. The van der Waals surface area contributed by atoms with Crippen LogP contribution in [-0.4, -0.2) is 23.2 Å². The Morgan fingerprint density at radius 3 is 2.82 bits per heavy atom. The van der Waals surface area contributed by atoms with Crippen LogP contribution >= 0.6 is 15.9 Å². The highest BCUT2D eigenvalue weighted by Gasteiger charge is 2.16. The second-order valence-corrected chi connectivity index (χ2v) is 4.35. The number of carbonyl (C=O) groups is 1. The van der Waals surface area contributed by atoms with Gasteiger partial charge >= 0.3 is 11.9 Å². The molecule has 17 heavy (non-hydrogen) atoms. The van der Waals surface area contributed by atoms with Gasteiger partial charge in [-0.3, -0.25) is 0 Å². The fourth-order valence-electron chi connectivity index (χ4n) is 1.38.